The predicted molar refractivity (Wildman–Crippen MR) is 197 cm³/mol. The van der Waals surface area contributed by atoms with Gasteiger partial charge in [0.05, 0.1) is 18.2 Å². The van der Waals surface area contributed by atoms with Crippen molar-refractivity contribution in [1.29, 1.82) is 5.26 Å². The molecule has 0 spiro atoms. The van der Waals surface area contributed by atoms with E-state index in [-0.39, 0.29) is 5.92 Å². The van der Waals surface area contributed by atoms with Gasteiger partial charge in [0.25, 0.3) is 0 Å². The van der Waals surface area contributed by atoms with E-state index in [0.29, 0.717) is 13.0 Å². The molecule has 0 amide bonds. The highest BCUT2D eigenvalue weighted by atomic mass is 15.1. The topological polar surface area (TPSA) is 35.2 Å². The van der Waals surface area contributed by atoms with Gasteiger partial charge in [-0.05, 0) is 91.4 Å². The van der Waals surface area contributed by atoms with Crippen LogP contribution in [0.5, 0.6) is 0 Å². The highest BCUT2D eigenvalue weighted by Gasteiger charge is 2.28. The molecule has 1 aliphatic rings. The van der Waals surface area contributed by atoms with E-state index in [1.54, 1.807) is 0 Å². The number of nitriles is 1. The Hall–Kier alpha value is -5.27. The highest BCUT2D eigenvalue weighted by molar-refractivity contribution is 5.94. The van der Waals surface area contributed by atoms with Gasteiger partial charge in [-0.25, -0.2) is 0 Å². The molecule has 0 radical (unpaired) electrons. The van der Waals surface area contributed by atoms with E-state index in [2.05, 4.69) is 162 Å². The van der Waals surface area contributed by atoms with Crippen LogP contribution >= 0.6 is 0 Å². The van der Waals surface area contributed by atoms with Crippen LogP contribution in [0.15, 0.2) is 127 Å². The number of para-hydroxylation sites is 1. The third kappa shape index (κ3) is 6.02. The molecule has 7 rings (SSSR count). The molecule has 0 aliphatic carbocycles. The zero-order valence-electron chi connectivity index (χ0n) is 27.4. The Kier molecular flexibility index (Phi) is 8.80. The van der Waals surface area contributed by atoms with Crippen LogP contribution in [-0.4, -0.2) is 24.2 Å². The van der Waals surface area contributed by atoms with Crippen LogP contribution < -0.4 is 9.80 Å². The summed E-state index contributed by atoms with van der Waals surface area (Å²) >= 11 is 0. The minimum absolute atomic E-state index is 0.00503. The van der Waals surface area contributed by atoms with Crippen molar-refractivity contribution in [3.63, 3.8) is 0 Å². The summed E-state index contributed by atoms with van der Waals surface area (Å²) in [7, 11) is 0. The Morgan fingerprint density at radius 3 is 1.96 bits per heavy atom. The van der Waals surface area contributed by atoms with Gasteiger partial charge in [0.1, 0.15) is 0 Å². The summed E-state index contributed by atoms with van der Waals surface area (Å²) in [5.74, 6) is -0.00503. The molecule has 4 heteroatoms. The van der Waals surface area contributed by atoms with Gasteiger partial charge in [0, 0.05) is 60.1 Å². The van der Waals surface area contributed by atoms with Crippen LogP contribution in [0.2, 0.25) is 0 Å². The number of fused-ring (bicyclic) bond motifs is 1. The SMILES string of the molecule is CCN(c1ccc(C)cc1)c1ccc(C(c2ccc(N3CCCC3)cc2)c2c(-c3ccccc3)n(CCC#N)c3ccccc23)cc1. The molecular formula is C43H42N4. The van der Waals surface area contributed by atoms with Gasteiger partial charge in [0.15, 0.2) is 0 Å². The first-order valence-electron chi connectivity index (χ1n) is 17.0. The average Bonchev–Trinajstić information content (AvgIpc) is 3.77. The van der Waals surface area contributed by atoms with E-state index in [0.717, 1.165) is 19.6 Å². The van der Waals surface area contributed by atoms with Crippen LogP contribution in [-0.2, 0) is 6.54 Å². The molecule has 1 aromatic heterocycles. The van der Waals surface area contributed by atoms with Crippen molar-refractivity contribution < 1.29 is 0 Å². The first-order valence-corrected chi connectivity index (χ1v) is 17.0. The summed E-state index contributed by atoms with van der Waals surface area (Å²) in [5.41, 5.74) is 12.3. The molecule has 4 nitrogen and oxygen atoms in total. The van der Waals surface area contributed by atoms with E-state index in [1.807, 2.05) is 0 Å². The number of anilines is 3. The molecule has 2 heterocycles. The van der Waals surface area contributed by atoms with Crippen LogP contribution in [0.4, 0.5) is 17.1 Å². The summed E-state index contributed by atoms with van der Waals surface area (Å²) in [6.07, 6.45) is 2.97. The number of aromatic nitrogens is 1. The first-order chi connectivity index (χ1) is 23.2. The molecule has 1 saturated heterocycles. The predicted octanol–water partition coefficient (Wildman–Crippen LogP) is 10.5. The van der Waals surface area contributed by atoms with Gasteiger partial charge in [-0.2, -0.15) is 5.26 Å². The smallest absolute Gasteiger partial charge is 0.0640 e. The van der Waals surface area contributed by atoms with Crippen LogP contribution in [0.1, 0.15) is 54.4 Å². The van der Waals surface area contributed by atoms with Crippen molar-refractivity contribution in [1.82, 2.24) is 4.57 Å². The minimum atomic E-state index is -0.00503. The summed E-state index contributed by atoms with van der Waals surface area (Å²) in [4.78, 5) is 4.87. The number of rotatable bonds is 10. The van der Waals surface area contributed by atoms with Gasteiger partial charge in [-0.1, -0.05) is 90.5 Å². The molecule has 47 heavy (non-hydrogen) atoms. The number of nitrogens with zero attached hydrogens (tertiary/aromatic N) is 4. The zero-order valence-corrected chi connectivity index (χ0v) is 27.4. The maximum absolute atomic E-state index is 9.66. The molecule has 0 saturated carbocycles. The zero-order chi connectivity index (χ0) is 32.2. The monoisotopic (exact) mass is 614 g/mol. The second-order valence-electron chi connectivity index (χ2n) is 12.6. The van der Waals surface area contributed by atoms with E-state index in [1.165, 1.54) is 74.3 Å². The second-order valence-corrected chi connectivity index (χ2v) is 12.6. The van der Waals surface area contributed by atoms with E-state index >= 15 is 0 Å². The number of aryl methyl sites for hydroxylation is 2. The van der Waals surface area contributed by atoms with Crippen molar-refractivity contribution in [3.8, 4) is 17.3 Å². The Bertz CT molecular complexity index is 1980. The Labute approximate surface area is 279 Å². The lowest BCUT2D eigenvalue weighted by atomic mass is 9.82. The normalized spacial score (nSPS) is 13.5. The maximum atomic E-state index is 9.66. The molecule has 6 aromatic rings. The Balaban J connectivity index is 1.42. The van der Waals surface area contributed by atoms with E-state index in [9.17, 15) is 5.26 Å². The highest BCUT2D eigenvalue weighted by Crippen LogP contribution is 2.45. The van der Waals surface area contributed by atoms with Crippen molar-refractivity contribution >= 4 is 28.0 Å². The third-order valence-electron chi connectivity index (χ3n) is 9.69. The summed E-state index contributed by atoms with van der Waals surface area (Å²) in [6.45, 7) is 8.12. The second kappa shape index (κ2) is 13.6. The molecular weight excluding hydrogens is 573 g/mol. The molecule has 0 bridgehead atoms. The summed E-state index contributed by atoms with van der Waals surface area (Å²) in [5, 5.41) is 10.9. The molecule has 1 aliphatic heterocycles. The fourth-order valence-electron chi connectivity index (χ4n) is 7.39. The lowest BCUT2D eigenvalue weighted by Crippen LogP contribution is -2.17. The first kappa shape index (κ1) is 30.4. The van der Waals surface area contributed by atoms with Gasteiger partial charge in [0.2, 0.25) is 0 Å². The average molecular weight is 615 g/mol. The number of hydrogen-bond donors (Lipinski definition) is 0. The lowest BCUT2D eigenvalue weighted by Gasteiger charge is -2.26. The lowest BCUT2D eigenvalue weighted by molar-refractivity contribution is 0.747. The summed E-state index contributed by atoms with van der Waals surface area (Å²) in [6, 6.07) is 49.1. The molecule has 0 N–H and O–H groups in total. The van der Waals surface area contributed by atoms with E-state index < -0.39 is 0 Å². The summed E-state index contributed by atoms with van der Waals surface area (Å²) < 4.78 is 2.37. The fourth-order valence-corrected chi connectivity index (χ4v) is 7.39. The van der Waals surface area contributed by atoms with Gasteiger partial charge in [-0.15, -0.1) is 0 Å². The van der Waals surface area contributed by atoms with Crippen molar-refractivity contribution in [2.75, 3.05) is 29.4 Å². The standard InChI is InChI=1S/C43H42N4/c1-3-46(37-22-16-32(2)17-23-37)38-26-20-34(21-27-38)41(33-18-24-36(25-19-33)45-29-9-10-30-45)42-39-14-7-8-15-40(39)47(31-11-28-44)43(42)35-12-5-4-6-13-35/h4-8,12-27,41H,3,9-11,29-31H2,1-2H3. The number of benzene rings is 5. The Morgan fingerprint density at radius 2 is 1.32 bits per heavy atom. The largest absolute Gasteiger partial charge is 0.372 e. The maximum Gasteiger partial charge on any atom is 0.0640 e. The Morgan fingerprint density at radius 1 is 0.723 bits per heavy atom. The van der Waals surface area contributed by atoms with Crippen LogP contribution in [0.25, 0.3) is 22.2 Å². The fraction of sp³-hybridized carbons (Fsp3) is 0.233. The van der Waals surface area contributed by atoms with Gasteiger partial charge >= 0.3 is 0 Å². The van der Waals surface area contributed by atoms with Crippen molar-refractivity contribution in [2.45, 2.75) is 45.6 Å². The number of hydrogen-bond acceptors (Lipinski definition) is 3. The van der Waals surface area contributed by atoms with E-state index in [4.69, 9.17) is 0 Å². The van der Waals surface area contributed by atoms with Crippen LogP contribution in [0.3, 0.4) is 0 Å². The van der Waals surface area contributed by atoms with Gasteiger partial charge in [-0.3, -0.25) is 0 Å². The van der Waals surface area contributed by atoms with Gasteiger partial charge < -0.3 is 14.4 Å². The molecule has 5 aromatic carbocycles. The molecule has 234 valence electrons. The third-order valence-corrected chi connectivity index (χ3v) is 9.69. The molecule has 1 fully saturated rings. The quantitative estimate of drug-likeness (QED) is 0.154. The molecule has 1 atom stereocenters. The molecule has 1 unspecified atom stereocenters. The van der Waals surface area contributed by atoms with Crippen molar-refractivity contribution in [3.05, 3.63) is 150 Å². The van der Waals surface area contributed by atoms with Crippen LogP contribution in [0, 0.1) is 18.3 Å². The minimum Gasteiger partial charge on any atom is -0.372 e. The van der Waals surface area contributed by atoms with Crippen molar-refractivity contribution in [2.24, 2.45) is 0 Å².